The topological polar surface area (TPSA) is 111 Å². The van der Waals surface area contributed by atoms with Gasteiger partial charge in [0.2, 0.25) is 17.7 Å². The minimum atomic E-state index is -1.23. The van der Waals surface area contributed by atoms with Crippen LogP contribution in [0.5, 0.6) is 11.8 Å². The SMILES string of the molecule is COc1cc(OC)nc(NC(=O)/C=C/C(=O)O)n1. The molecule has 18 heavy (non-hydrogen) atoms. The van der Waals surface area contributed by atoms with E-state index in [4.69, 9.17) is 14.6 Å². The number of carbonyl (C=O) groups excluding carboxylic acids is 1. The minimum Gasteiger partial charge on any atom is -0.481 e. The number of amides is 1. The highest BCUT2D eigenvalue weighted by Gasteiger charge is 2.07. The van der Waals surface area contributed by atoms with Gasteiger partial charge in [-0.15, -0.1) is 0 Å². The predicted molar refractivity (Wildman–Crippen MR) is 60.5 cm³/mol. The molecule has 0 aromatic carbocycles. The first-order valence-corrected chi connectivity index (χ1v) is 4.74. The fourth-order valence-corrected chi connectivity index (χ4v) is 0.968. The standard InChI is InChI=1S/C10H11N3O5/c1-17-7-5-8(18-2)13-10(12-7)11-6(14)3-4-9(15)16/h3-5H,1-2H3,(H,15,16)(H,11,12,13,14)/b4-3+. The average molecular weight is 253 g/mol. The van der Waals surface area contributed by atoms with Crippen molar-refractivity contribution in [1.29, 1.82) is 0 Å². The summed E-state index contributed by atoms with van der Waals surface area (Å²) in [6, 6.07) is 1.43. The summed E-state index contributed by atoms with van der Waals surface area (Å²) in [7, 11) is 2.80. The van der Waals surface area contributed by atoms with Crippen LogP contribution in [0.15, 0.2) is 18.2 Å². The van der Waals surface area contributed by atoms with Gasteiger partial charge < -0.3 is 14.6 Å². The zero-order valence-corrected chi connectivity index (χ0v) is 9.71. The first-order chi connectivity index (χ1) is 8.55. The van der Waals surface area contributed by atoms with Crippen molar-refractivity contribution in [2.45, 2.75) is 0 Å². The highest BCUT2D eigenvalue weighted by Crippen LogP contribution is 2.17. The lowest BCUT2D eigenvalue weighted by molar-refractivity contribution is -0.131. The Hall–Kier alpha value is -2.64. The predicted octanol–water partition coefficient (Wildman–Crippen LogP) is 0.0731. The summed E-state index contributed by atoms with van der Waals surface area (Å²) in [6.07, 6.45) is 1.55. The lowest BCUT2D eigenvalue weighted by Gasteiger charge is -2.05. The molecule has 0 saturated heterocycles. The Labute approximate surface area is 102 Å². The number of aliphatic carboxylic acids is 1. The molecule has 0 spiro atoms. The van der Waals surface area contributed by atoms with Crippen LogP contribution in [-0.4, -0.2) is 41.2 Å². The third-order valence-electron chi connectivity index (χ3n) is 1.71. The molecule has 1 aromatic rings. The number of carboxylic acid groups (broad SMARTS) is 1. The molecule has 8 heteroatoms. The van der Waals surface area contributed by atoms with Crippen molar-refractivity contribution in [2.75, 3.05) is 19.5 Å². The Bertz CT molecular complexity index is 464. The summed E-state index contributed by atoms with van der Waals surface area (Å²) < 4.78 is 9.77. The van der Waals surface area contributed by atoms with Crippen LogP contribution in [0.25, 0.3) is 0 Å². The van der Waals surface area contributed by atoms with Crippen molar-refractivity contribution >= 4 is 17.8 Å². The van der Waals surface area contributed by atoms with E-state index in [1.165, 1.54) is 20.3 Å². The molecule has 0 atom stereocenters. The Morgan fingerprint density at radius 3 is 2.22 bits per heavy atom. The maximum atomic E-state index is 11.3. The fourth-order valence-electron chi connectivity index (χ4n) is 0.968. The van der Waals surface area contributed by atoms with Crippen LogP contribution in [-0.2, 0) is 9.59 Å². The fraction of sp³-hybridized carbons (Fsp3) is 0.200. The van der Waals surface area contributed by atoms with E-state index in [0.29, 0.717) is 6.08 Å². The molecule has 0 unspecified atom stereocenters. The average Bonchev–Trinajstić information content (AvgIpc) is 2.35. The highest BCUT2D eigenvalue weighted by atomic mass is 16.5. The van der Waals surface area contributed by atoms with Crippen molar-refractivity contribution < 1.29 is 24.2 Å². The molecule has 2 N–H and O–H groups in total. The van der Waals surface area contributed by atoms with E-state index >= 15 is 0 Å². The lowest BCUT2D eigenvalue weighted by atomic mass is 10.4. The third kappa shape index (κ3) is 4.08. The molecule has 8 nitrogen and oxygen atoms in total. The molecule has 0 aliphatic carbocycles. The van der Waals surface area contributed by atoms with Crippen molar-refractivity contribution in [2.24, 2.45) is 0 Å². The van der Waals surface area contributed by atoms with Crippen LogP contribution in [0.3, 0.4) is 0 Å². The Morgan fingerprint density at radius 1 is 1.22 bits per heavy atom. The number of methoxy groups -OCH3 is 2. The molecule has 0 aliphatic heterocycles. The summed E-state index contributed by atoms with van der Waals surface area (Å²) >= 11 is 0. The molecule has 0 fully saturated rings. The first kappa shape index (κ1) is 13.4. The van der Waals surface area contributed by atoms with Gasteiger partial charge in [-0.3, -0.25) is 10.1 Å². The second kappa shape index (κ2) is 6.18. The minimum absolute atomic E-state index is 0.0498. The van der Waals surface area contributed by atoms with Gasteiger partial charge in [-0.2, -0.15) is 9.97 Å². The summed E-state index contributed by atoms with van der Waals surface area (Å²) in [5, 5.41) is 10.6. The van der Waals surface area contributed by atoms with E-state index in [9.17, 15) is 9.59 Å². The maximum absolute atomic E-state index is 11.3. The van der Waals surface area contributed by atoms with Gasteiger partial charge in [0, 0.05) is 12.2 Å². The van der Waals surface area contributed by atoms with Gasteiger partial charge in [0.1, 0.15) is 0 Å². The summed E-state index contributed by atoms with van der Waals surface area (Å²) in [5.74, 6) is -1.54. The van der Waals surface area contributed by atoms with Crippen LogP contribution in [0.1, 0.15) is 0 Å². The number of ether oxygens (including phenoxy) is 2. The molecule has 0 radical (unpaired) electrons. The molecule has 1 rings (SSSR count). The van der Waals surface area contributed by atoms with Crippen LogP contribution < -0.4 is 14.8 Å². The molecular formula is C10H11N3O5. The molecule has 0 aliphatic rings. The molecule has 96 valence electrons. The van der Waals surface area contributed by atoms with Gasteiger partial charge >= 0.3 is 5.97 Å². The number of hydrogen-bond acceptors (Lipinski definition) is 6. The van der Waals surface area contributed by atoms with Crippen LogP contribution >= 0.6 is 0 Å². The monoisotopic (exact) mass is 253 g/mol. The number of anilines is 1. The van der Waals surface area contributed by atoms with Crippen LogP contribution in [0.4, 0.5) is 5.95 Å². The molecule has 1 aromatic heterocycles. The van der Waals surface area contributed by atoms with Gasteiger partial charge in [-0.05, 0) is 0 Å². The Kier molecular flexibility index (Phi) is 4.61. The quantitative estimate of drug-likeness (QED) is 0.714. The van der Waals surface area contributed by atoms with E-state index in [0.717, 1.165) is 6.08 Å². The molecular weight excluding hydrogens is 242 g/mol. The van der Waals surface area contributed by atoms with Gasteiger partial charge in [0.25, 0.3) is 5.91 Å². The van der Waals surface area contributed by atoms with Crippen molar-refractivity contribution in [3.63, 3.8) is 0 Å². The molecule has 0 bridgehead atoms. The van der Waals surface area contributed by atoms with E-state index in [2.05, 4.69) is 15.3 Å². The number of hydrogen-bond donors (Lipinski definition) is 2. The number of carboxylic acids is 1. The van der Waals surface area contributed by atoms with Gasteiger partial charge in [-0.25, -0.2) is 4.79 Å². The van der Waals surface area contributed by atoms with Crippen molar-refractivity contribution in [3.05, 3.63) is 18.2 Å². The first-order valence-electron chi connectivity index (χ1n) is 4.74. The van der Waals surface area contributed by atoms with E-state index in [1.807, 2.05) is 0 Å². The maximum Gasteiger partial charge on any atom is 0.328 e. The van der Waals surface area contributed by atoms with Crippen LogP contribution in [0, 0.1) is 0 Å². The zero-order chi connectivity index (χ0) is 13.5. The van der Waals surface area contributed by atoms with Crippen molar-refractivity contribution in [3.8, 4) is 11.8 Å². The Balaban J connectivity index is 2.83. The smallest absolute Gasteiger partial charge is 0.328 e. The molecule has 1 amide bonds. The zero-order valence-electron chi connectivity index (χ0n) is 9.71. The van der Waals surface area contributed by atoms with Crippen molar-refractivity contribution in [1.82, 2.24) is 9.97 Å². The van der Waals surface area contributed by atoms with Crippen LogP contribution in [0.2, 0.25) is 0 Å². The van der Waals surface area contributed by atoms with Gasteiger partial charge in [0.15, 0.2) is 0 Å². The summed E-state index contributed by atoms with van der Waals surface area (Å²) in [5.41, 5.74) is 0. The second-order valence-corrected chi connectivity index (χ2v) is 2.94. The number of aromatic nitrogens is 2. The van der Waals surface area contributed by atoms with E-state index < -0.39 is 11.9 Å². The summed E-state index contributed by atoms with van der Waals surface area (Å²) in [6.45, 7) is 0. The number of rotatable bonds is 5. The lowest BCUT2D eigenvalue weighted by Crippen LogP contribution is -2.12. The highest BCUT2D eigenvalue weighted by molar-refractivity contribution is 6.01. The number of carbonyl (C=O) groups is 2. The number of nitrogens with zero attached hydrogens (tertiary/aromatic N) is 2. The van der Waals surface area contributed by atoms with Gasteiger partial charge in [-0.1, -0.05) is 0 Å². The summed E-state index contributed by atoms with van der Waals surface area (Å²) in [4.78, 5) is 29.2. The molecule has 1 heterocycles. The normalized spacial score (nSPS) is 10.1. The van der Waals surface area contributed by atoms with E-state index in [-0.39, 0.29) is 17.7 Å². The second-order valence-electron chi connectivity index (χ2n) is 2.94. The van der Waals surface area contributed by atoms with E-state index in [1.54, 1.807) is 0 Å². The largest absolute Gasteiger partial charge is 0.481 e. The Morgan fingerprint density at radius 2 is 1.78 bits per heavy atom. The molecule has 0 saturated carbocycles. The van der Waals surface area contributed by atoms with Gasteiger partial charge in [0.05, 0.1) is 20.3 Å². The number of nitrogens with one attached hydrogen (secondary N) is 1. The third-order valence-corrected chi connectivity index (χ3v) is 1.71.